The number of pyridine rings is 1. The number of H-pyrrole nitrogens is 1. The molecule has 0 aliphatic rings. The van der Waals surface area contributed by atoms with Crippen molar-refractivity contribution < 1.29 is 0 Å². The van der Waals surface area contributed by atoms with Crippen molar-refractivity contribution in [3.63, 3.8) is 0 Å². The van der Waals surface area contributed by atoms with Gasteiger partial charge in [0.1, 0.15) is 5.82 Å². The summed E-state index contributed by atoms with van der Waals surface area (Å²) in [5.41, 5.74) is 1.13. The van der Waals surface area contributed by atoms with Gasteiger partial charge in [0.25, 0.3) is 0 Å². The second-order valence-electron chi connectivity index (χ2n) is 2.97. The summed E-state index contributed by atoms with van der Waals surface area (Å²) in [6, 6.07) is 4.01. The van der Waals surface area contributed by atoms with Gasteiger partial charge in [0.15, 0.2) is 0 Å². The molecule has 0 aromatic carbocycles. The molecule has 0 atom stereocenters. The fourth-order valence-corrected chi connectivity index (χ4v) is 1.32. The molecule has 0 bridgehead atoms. The van der Waals surface area contributed by atoms with E-state index in [-0.39, 0.29) is 0 Å². The van der Waals surface area contributed by atoms with Gasteiger partial charge in [0.2, 0.25) is 0 Å². The third kappa shape index (κ3) is 0.942. The first-order chi connectivity index (χ1) is 5.79. The Bertz CT molecular complexity index is 389. The number of aromatic nitrogens is 2. The summed E-state index contributed by atoms with van der Waals surface area (Å²) >= 11 is 0. The Morgan fingerprint density at radius 1 is 1.33 bits per heavy atom. The van der Waals surface area contributed by atoms with E-state index in [0.717, 1.165) is 11.3 Å². The van der Waals surface area contributed by atoms with Crippen molar-refractivity contribution in [2.24, 2.45) is 0 Å². The molecule has 2 aromatic heterocycles. The first-order valence-corrected chi connectivity index (χ1v) is 3.88. The molecular weight excluding hydrogens is 150 g/mol. The average molecular weight is 161 g/mol. The quantitative estimate of drug-likeness (QED) is 0.689. The van der Waals surface area contributed by atoms with Crippen molar-refractivity contribution in [1.29, 1.82) is 0 Å². The molecule has 0 saturated carbocycles. The predicted molar refractivity (Wildman–Crippen MR) is 50.4 cm³/mol. The van der Waals surface area contributed by atoms with Gasteiger partial charge >= 0.3 is 0 Å². The molecule has 0 aliphatic heterocycles. The van der Waals surface area contributed by atoms with Crippen molar-refractivity contribution in [1.82, 2.24) is 9.97 Å². The first kappa shape index (κ1) is 7.16. The Balaban J connectivity index is 2.73. The lowest BCUT2D eigenvalue weighted by Crippen LogP contribution is -2.10. The minimum Gasteiger partial charge on any atom is -0.362 e. The zero-order chi connectivity index (χ0) is 8.55. The highest BCUT2D eigenvalue weighted by Gasteiger charge is 2.03. The number of hydrogen-bond acceptors (Lipinski definition) is 2. The van der Waals surface area contributed by atoms with Crippen LogP contribution in [0.4, 0.5) is 5.82 Å². The molecule has 0 aliphatic carbocycles. The molecule has 0 spiro atoms. The van der Waals surface area contributed by atoms with Crippen LogP contribution in [0, 0.1) is 0 Å². The maximum absolute atomic E-state index is 4.28. The summed E-state index contributed by atoms with van der Waals surface area (Å²) in [4.78, 5) is 9.44. The van der Waals surface area contributed by atoms with Crippen LogP contribution in [-0.2, 0) is 0 Å². The normalized spacial score (nSPS) is 10.5. The summed E-state index contributed by atoms with van der Waals surface area (Å²) in [7, 11) is 3.99. The average Bonchev–Trinajstić information content (AvgIpc) is 2.49. The lowest BCUT2D eigenvalue weighted by molar-refractivity contribution is 1.08. The Morgan fingerprint density at radius 3 is 2.92 bits per heavy atom. The highest BCUT2D eigenvalue weighted by atomic mass is 15.1. The molecule has 1 N–H and O–H groups in total. The zero-order valence-corrected chi connectivity index (χ0v) is 7.20. The van der Waals surface area contributed by atoms with Gasteiger partial charge in [-0.2, -0.15) is 0 Å². The van der Waals surface area contributed by atoms with E-state index in [9.17, 15) is 0 Å². The van der Waals surface area contributed by atoms with Gasteiger partial charge in [-0.25, -0.2) is 4.98 Å². The van der Waals surface area contributed by atoms with Crippen LogP contribution in [-0.4, -0.2) is 24.1 Å². The predicted octanol–water partition coefficient (Wildman–Crippen LogP) is 1.63. The Labute approximate surface area is 71.0 Å². The van der Waals surface area contributed by atoms with Gasteiger partial charge in [0, 0.05) is 31.9 Å². The molecule has 3 nitrogen and oxygen atoms in total. The molecule has 12 heavy (non-hydrogen) atoms. The number of fused-ring (bicyclic) bond motifs is 1. The van der Waals surface area contributed by atoms with Gasteiger partial charge in [-0.15, -0.1) is 0 Å². The molecule has 2 aromatic rings. The van der Waals surface area contributed by atoms with Gasteiger partial charge < -0.3 is 9.88 Å². The van der Waals surface area contributed by atoms with Crippen LogP contribution >= 0.6 is 0 Å². The van der Waals surface area contributed by atoms with Crippen molar-refractivity contribution in [3.05, 3.63) is 24.5 Å². The van der Waals surface area contributed by atoms with E-state index in [0.29, 0.717) is 0 Å². The van der Waals surface area contributed by atoms with E-state index in [4.69, 9.17) is 0 Å². The summed E-state index contributed by atoms with van der Waals surface area (Å²) < 4.78 is 0. The van der Waals surface area contributed by atoms with Crippen LogP contribution in [0.15, 0.2) is 24.5 Å². The maximum Gasteiger partial charge on any atom is 0.137 e. The minimum atomic E-state index is 1.01. The molecule has 0 radical (unpaired) electrons. The third-order valence-electron chi connectivity index (χ3n) is 1.88. The van der Waals surface area contributed by atoms with Gasteiger partial charge in [-0.1, -0.05) is 0 Å². The molecule has 62 valence electrons. The van der Waals surface area contributed by atoms with E-state index in [1.165, 1.54) is 5.39 Å². The lowest BCUT2D eigenvalue weighted by atomic mass is 10.3. The summed E-state index contributed by atoms with van der Waals surface area (Å²) in [6.45, 7) is 0. The molecule has 0 amide bonds. The molecule has 2 rings (SSSR count). The van der Waals surface area contributed by atoms with Crippen LogP contribution in [0.25, 0.3) is 10.9 Å². The number of hydrogen-bond donors (Lipinski definition) is 1. The molecule has 2 heterocycles. The Morgan fingerprint density at radius 2 is 2.17 bits per heavy atom. The van der Waals surface area contributed by atoms with Crippen LogP contribution in [0.3, 0.4) is 0 Å². The van der Waals surface area contributed by atoms with Gasteiger partial charge in [-0.05, 0) is 12.1 Å². The largest absolute Gasteiger partial charge is 0.362 e. The molecule has 3 heteroatoms. The number of aromatic amines is 1. The highest BCUT2D eigenvalue weighted by molar-refractivity contribution is 5.89. The SMILES string of the molecule is CN(C)c1nccc2[nH]ccc12. The molecule has 0 fully saturated rings. The Kier molecular flexibility index (Phi) is 1.50. The standard InChI is InChI=1S/C9H11N3/c1-12(2)9-7-3-5-10-8(7)4-6-11-9/h3-6,10H,1-2H3. The summed E-state index contributed by atoms with van der Waals surface area (Å²) in [5.74, 6) is 1.01. The van der Waals surface area contributed by atoms with Crippen molar-refractivity contribution in [2.75, 3.05) is 19.0 Å². The summed E-state index contributed by atoms with van der Waals surface area (Å²) in [5, 5.41) is 1.17. The van der Waals surface area contributed by atoms with Crippen molar-refractivity contribution >= 4 is 16.7 Å². The van der Waals surface area contributed by atoms with Crippen LogP contribution < -0.4 is 4.90 Å². The fourth-order valence-electron chi connectivity index (χ4n) is 1.32. The van der Waals surface area contributed by atoms with E-state index in [1.807, 2.05) is 43.5 Å². The Hall–Kier alpha value is -1.51. The van der Waals surface area contributed by atoms with Crippen molar-refractivity contribution in [3.8, 4) is 0 Å². The van der Waals surface area contributed by atoms with Crippen LogP contribution in [0.2, 0.25) is 0 Å². The van der Waals surface area contributed by atoms with E-state index >= 15 is 0 Å². The van der Waals surface area contributed by atoms with E-state index in [2.05, 4.69) is 9.97 Å². The topological polar surface area (TPSA) is 31.9 Å². The number of nitrogens with one attached hydrogen (secondary N) is 1. The third-order valence-corrected chi connectivity index (χ3v) is 1.88. The highest BCUT2D eigenvalue weighted by Crippen LogP contribution is 2.20. The number of rotatable bonds is 1. The lowest BCUT2D eigenvalue weighted by Gasteiger charge is -2.11. The van der Waals surface area contributed by atoms with Gasteiger partial charge in [0.05, 0.1) is 5.52 Å². The van der Waals surface area contributed by atoms with E-state index in [1.54, 1.807) is 0 Å². The van der Waals surface area contributed by atoms with Crippen molar-refractivity contribution in [2.45, 2.75) is 0 Å². The fraction of sp³-hybridized carbons (Fsp3) is 0.222. The molecule has 0 saturated heterocycles. The minimum absolute atomic E-state index is 1.01. The smallest absolute Gasteiger partial charge is 0.137 e. The van der Waals surface area contributed by atoms with E-state index < -0.39 is 0 Å². The molecular formula is C9H11N3. The number of nitrogens with zero attached hydrogens (tertiary/aromatic N) is 2. The van der Waals surface area contributed by atoms with Crippen LogP contribution in [0.1, 0.15) is 0 Å². The zero-order valence-electron chi connectivity index (χ0n) is 7.20. The second-order valence-corrected chi connectivity index (χ2v) is 2.97. The first-order valence-electron chi connectivity index (χ1n) is 3.88. The second kappa shape index (κ2) is 2.52. The summed E-state index contributed by atoms with van der Waals surface area (Å²) in [6.07, 6.45) is 3.74. The molecule has 0 unspecified atom stereocenters. The van der Waals surface area contributed by atoms with Crippen LogP contribution in [0.5, 0.6) is 0 Å². The van der Waals surface area contributed by atoms with Gasteiger partial charge in [-0.3, -0.25) is 0 Å². The monoisotopic (exact) mass is 161 g/mol. The maximum atomic E-state index is 4.28. The number of anilines is 1.